The van der Waals surface area contributed by atoms with Gasteiger partial charge >= 0.3 is 5.97 Å². The third-order valence-corrected chi connectivity index (χ3v) is 5.35. The number of halogens is 2. The molecule has 0 aromatic heterocycles. The number of nitrogens with one attached hydrogen (secondary N) is 1. The van der Waals surface area contributed by atoms with E-state index in [9.17, 15) is 4.79 Å². The van der Waals surface area contributed by atoms with E-state index in [1.807, 2.05) is 12.1 Å². The highest BCUT2D eigenvalue weighted by Gasteiger charge is 2.36. The van der Waals surface area contributed by atoms with E-state index < -0.39 is 5.97 Å². The number of nitrogens with zero attached hydrogens (tertiary/aromatic N) is 1. The molecule has 4 nitrogen and oxygen atoms in total. The number of benzene rings is 1. The summed E-state index contributed by atoms with van der Waals surface area (Å²) in [6.07, 6.45) is 4.49. The monoisotopic (exact) mass is 356 g/mol. The van der Waals surface area contributed by atoms with Crippen LogP contribution < -0.4 is 5.32 Å². The first kappa shape index (κ1) is 17.0. The zero-order chi connectivity index (χ0) is 16.4. The van der Waals surface area contributed by atoms with E-state index in [-0.39, 0.29) is 6.54 Å². The second kappa shape index (κ2) is 7.39. The van der Waals surface area contributed by atoms with Crippen molar-refractivity contribution in [2.24, 2.45) is 5.92 Å². The number of carboxylic acid groups (broad SMARTS) is 1. The van der Waals surface area contributed by atoms with Gasteiger partial charge in [-0.15, -0.1) is 0 Å². The lowest BCUT2D eigenvalue weighted by Gasteiger charge is -2.43. The Hall–Kier alpha value is -0.810. The highest BCUT2D eigenvalue weighted by atomic mass is 35.5. The minimum atomic E-state index is -0.729. The van der Waals surface area contributed by atoms with Crippen molar-refractivity contribution in [3.05, 3.63) is 33.8 Å². The molecule has 0 heterocycles. The van der Waals surface area contributed by atoms with E-state index in [0.29, 0.717) is 29.6 Å². The average molecular weight is 357 g/mol. The standard InChI is InChI=1S/C17H22Cl2N2O2/c18-13-3-4-16(19)12(5-13)8-20-14-6-15(7-14)21(10-17(22)23)9-11-1-2-11/h3-5,11,14-15,20H,1-2,6-10H2,(H,22,23). The van der Waals surface area contributed by atoms with Crippen LogP contribution in [0.5, 0.6) is 0 Å². The molecule has 6 heteroatoms. The predicted molar refractivity (Wildman–Crippen MR) is 92.0 cm³/mol. The predicted octanol–water partition coefficient (Wildman–Crippen LogP) is 3.41. The Balaban J connectivity index is 1.45. The summed E-state index contributed by atoms with van der Waals surface area (Å²) in [6.45, 7) is 1.79. The molecular formula is C17H22Cl2N2O2. The van der Waals surface area contributed by atoms with Crippen LogP contribution in [0.1, 0.15) is 31.2 Å². The van der Waals surface area contributed by atoms with Gasteiger partial charge in [-0.3, -0.25) is 9.69 Å². The van der Waals surface area contributed by atoms with Crippen LogP contribution in [0.4, 0.5) is 0 Å². The van der Waals surface area contributed by atoms with Crippen molar-refractivity contribution < 1.29 is 9.90 Å². The quantitative estimate of drug-likeness (QED) is 0.749. The van der Waals surface area contributed by atoms with Crippen LogP contribution in [-0.2, 0) is 11.3 Å². The van der Waals surface area contributed by atoms with Gasteiger partial charge in [0, 0.05) is 35.2 Å². The number of hydrogen-bond acceptors (Lipinski definition) is 3. The maximum atomic E-state index is 11.0. The Labute approximate surface area is 146 Å². The van der Waals surface area contributed by atoms with Crippen molar-refractivity contribution >= 4 is 29.2 Å². The third-order valence-electron chi connectivity index (χ3n) is 4.75. The Morgan fingerprint density at radius 1 is 1.30 bits per heavy atom. The molecule has 2 N–H and O–H groups in total. The van der Waals surface area contributed by atoms with Crippen molar-refractivity contribution in [3.8, 4) is 0 Å². The largest absolute Gasteiger partial charge is 0.480 e. The number of carboxylic acids is 1. The molecule has 2 aliphatic rings. The maximum Gasteiger partial charge on any atom is 0.317 e. The van der Waals surface area contributed by atoms with Gasteiger partial charge in [0.25, 0.3) is 0 Å². The molecule has 0 amide bonds. The summed E-state index contributed by atoms with van der Waals surface area (Å²) in [4.78, 5) is 13.2. The SMILES string of the molecule is O=C(O)CN(CC1CC1)C1CC(NCc2cc(Cl)ccc2Cl)C1. The Morgan fingerprint density at radius 3 is 2.70 bits per heavy atom. The zero-order valence-electron chi connectivity index (χ0n) is 13.0. The van der Waals surface area contributed by atoms with Crippen LogP contribution in [-0.4, -0.2) is 41.1 Å². The van der Waals surface area contributed by atoms with Gasteiger partial charge in [0.15, 0.2) is 0 Å². The van der Waals surface area contributed by atoms with Crippen LogP contribution in [0.15, 0.2) is 18.2 Å². The molecule has 0 radical (unpaired) electrons. The normalized spacial score (nSPS) is 23.8. The van der Waals surface area contributed by atoms with Crippen molar-refractivity contribution in [3.63, 3.8) is 0 Å². The van der Waals surface area contributed by atoms with E-state index in [4.69, 9.17) is 28.3 Å². The lowest BCUT2D eigenvalue weighted by atomic mass is 9.85. The molecular weight excluding hydrogens is 335 g/mol. The van der Waals surface area contributed by atoms with Crippen LogP contribution in [0.3, 0.4) is 0 Å². The Kier molecular flexibility index (Phi) is 5.47. The third kappa shape index (κ3) is 4.83. The lowest BCUT2D eigenvalue weighted by molar-refractivity contribution is -0.139. The maximum absolute atomic E-state index is 11.0. The number of hydrogen-bond donors (Lipinski definition) is 2. The molecule has 0 aliphatic heterocycles. The first-order valence-electron chi connectivity index (χ1n) is 8.14. The highest BCUT2D eigenvalue weighted by Crippen LogP contribution is 2.34. The number of aliphatic carboxylic acids is 1. The van der Waals surface area contributed by atoms with E-state index in [1.165, 1.54) is 12.8 Å². The first-order valence-corrected chi connectivity index (χ1v) is 8.90. The molecule has 1 aromatic rings. The molecule has 0 saturated heterocycles. The summed E-state index contributed by atoms with van der Waals surface area (Å²) in [5.41, 5.74) is 1.00. The molecule has 0 bridgehead atoms. The molecule has 2 aliphatic carbocycles. The second-order valence-electron chi connectivity index (χ2n) is 6.71. The summed E-state index contributed by atoms with van der Waals surface area (Å²) in [6, 6.07) is 6.30. The van der Waals surface area contributed by atoms with Gasteiger partial charge < -0.3 is 10.4 Å². The first-order chi connectivity index (χ1) is 11.0. The average Bonchev–Trinajstić information content (AvgIpc) is 3.24. The van der Waals surface area contributed by atoms with Crippen molar-refractivity contribution in [2.75, 3.05) is 13.1 Å². The van der Waals surface area contributed by atoms with Gasteiger partial charge in [-0.25, -0.2) is 0 Å². The van der Waals surface area contributed by atoms with Crippen molar-refractivity contribution in [1.82, 2.24) is 10.2 Å². The van der Waals surface area contributed by atoms with E-state index >= 15 is 0 Å². The minimum absolute atomic E-state index is 0.161. The van der Waals surface area contributed by atoms with E-state index in [0.717, 1.165) is 30.0 Å². The zero-order valence-corrected chi connectivity index (χ0v) is 14.5. The smallest absolute Gasteiger partial charge is 0.317 e. The highest BCUT2D eigenvalue weighted by molar-refractivity contribution is 6.33. The van der Waals surface area contributed by atoms with Crippen LogP contribution in [0.25, 0.3) is 0 Å². The van der Waals surface area contributed by atoms with Crippen molar-refractivity contribution in [2.45, 2.75) is 44.3 Å². The van der Waals surface area contributed by atoms with Crippen LogP contribution >= 0.6 is 23.2 Å². The molecule has 3 rings (SSSR count). The van der Waals surface area contributed by atoms with Crippen LogP contribution in [0.2, 0.25) is 10.0 Å². The molecule has 126 valence electrons. The lowest BCUT2D eigenvalue weighted by Crippen LogP contribution is -2.54. The Morgan fingerprint density at radius 2 is 2.04 bits per heavy atom. The molecule has 0 unspecified atom stereocenters. The molecule has 2 fully saturated rings. The molecule has 23 heavy (non-hydrogen) atoms. The summed E-state index contributed by atoms with van der Waals surface area (Å²) < 4.78 is 0. The minimum Gasteiger partial charge on any atom is -0.480 e. The second-order valence-corrected chi connectivity index (χ2v) is 7.55. The fourth-order valence-electron chi connectivity index (χ4n) is 3.13. The fraction of sp³-hybridized carbons (Fsp3) is 0.588. The van der Waals surface area contributed by atoms with Gasteiger partial charge in [-0.1, -0.05) is 23.2 Å². The Bertz CT molecular complexity index is 572. The van der Waals surface area contributed by atoms with Gasteiger partial charge in [0.05, 0.1) is 6.54 Å². The van der Waals surface area contributed by atoms with E-state index in [2.05, 4.69) is 10.2 Å². The van der Waals surface area contributed by atoms with Crippen molar-refractivity contribution in [1.29, 1.82) is 0 Å². The topological polar surface area (TPSA) is 52.6 Å². The van der Waals surface area contributed by atoms with Gasteiger partial charge in [0.1, 0.15) is 0 Å². The fourth-order valence-corrected chi connectivity index (χ4v) is 3.51. The van der Waals surface area contributed by atoms with Gasteiger partial charge in [0.2, 0.25) is 0 Å². The summed E-state index contributed by atoms with van der Waals surface area (Å²) in [5.74, 6) is -0.0144. The van der Waals surface area contributed by atoms with Gasteiger partial charge in [-0.2, -0.15) is 0 Å². The summed E-state index contributed by atoms with van der Waals surface area (Å²) in [5, 5.41) is 14.0. The van der Waals surface area contributed by atoms with Gasteiger partial charge in [-0.05, 0) is 55.4 Å². The van der Waals surface area contributed by atoms with Crippen LogP contribution in [0, 0.1) is 5.92 Å². The summed E-state index contributed by atoms with van der Waals surface area (Å²) >= 11 is 12.2. The summed E-state index contributed by atoms with van der Waals surface area (Å²) in [7, 11) is 0. The molecule has 2 saturated carbocycles. The number of carbonyl (C=O) groups is 1. The van der Waals surface area contributed by atoms with E-state index in [1.54, 1.807) is 6.07 Å². The molecule has 0 spiro atoms. The molecule has 0 atom stereocenters. The molecule has 1 aromatic carbocycles. The number of rotatable bonds is 8.